The summed E-state index contributed by atoms with van der Waals surface area (Å²) in [6.07, 6.45) is 1.43. The quantitative estimate of drug-likeness (QED) is 0.0815. The zero-order valence-electron chi connectivity index (χ0n) is 41.2. The maximum atomic E-state index is 12.1. The highest BCUT2D eigenvalue weighted by atomic mass is 35.5. The van der Waals surface area contributed by atoms with Crippen LogP contribution in [-0.4, -0.2) is 67.0 Å². The number of carbonyl (C=O) groups is 2. The van der Waals surface area contributed by atoms with Crippen LogP contribution >= 0.6 is 81.2 Å². The molecule has 0 unspecified atom stereocenters. The Morgan fingerprint density at radius 3 is 1.36 bits per heavy atom. The number of aliphatic hydroxyl groups excluding tert-OH is 1. The lowest BCUT2D eigenvalue weighted by Gasteiger charge is -2.13. The van der Waals surface area contributed by atoms with Gasteiger partial charge in [0, 0.05) is 69.7 Å². The van der Waals surface area contributed by atoms with Crippen molar-refractivity contribution < 1.29 is 38.4 Å². The molecule has 16 nitrogen and oxygen atoms in total. The minimum absolute atomic E-state index is 0.0173. The van der Waals surface area contributed by atoms with Gasteiger partial charge in [0.1, 0.15) is 0 Å². The molecular formula is C50H53Cl7N6O10. The molecule has 0 bridgehead atoms. The van der Waals surface area contributed by atoms with Gasteiger partial charge in [-0.1, -0.05) is 123 Å². The van der Waals surface area contributed by atoms with E-state index in [0.29, 0.717) is 71.4 Å². The predicted molar refractivity (Wildman–Crippen MR) is 285 cm³/mol. The van der Waals surface area contributed by atoms with E-state index in [1.165, 1.54) is 18.5 Å². The van der Waals surface area contributed by atoms with E-state index in [1.54, 1.807) is 61.6 Å². The van der Waals surface area contributed by atoms with Gasteiger partial charge in [-0.2, -0.15) is 0 Å². The number of aryl methyl sites for hydroxylation is 1. The Labute approximate surface area is 457 Å². The van der Waals surface area contributed by atoms with Crippen molar-refractivity contribution >= 4 is 93.1 Å². The molecule has 3 aromatic heterocycles. The van der Waals surface area contributed by atoms with Crippen LogP contribution in [0.1, 0.15) is 107 Å². The van der Waals surface area contributed by atoms with Gasteiger partial charge in [-0.3, -0.25) is 19.2 Å². The van der Waals surface area contributed by atoms with Gasteiger partial charge < -0.3 is 28.8 Å². The summed E-state index contributed by atoms with van der Waals surface area (Å²) in [5.74, 6) is 1.03. The van der Waals surface area contributed by atoms with Gasteiger partial charge in [0.05, 0.1) is 43.3 Å². The number of esters is 2. The molecule has 0 fully saturated rings. The van der Waals surface area contributed by atoms with E-state index >= 15 is 0 Å². The zero-order chi connectivity index (χ0) is 54.3. The first kappa shape index (κ1) is 60.4. The number of nitrogens with one attached hydrogen (secondary N) is 1. The lowest BCUT2D eigenvalue weighted by molar-refractivity contribution is -0.141. The molecule has 0 saturated heterocycles. The average Bonchev–Trinajstić information content (AvgIpc) is 3.29. The molecule has 0 aliphatic heterocycles. The normalized spacial score (nSPS) is 10.9. The average molecular weight is 1150 g/mol. The van der Waals surface area contributed by atoms with Gasteiger partial charge in [-0.25, -0.2) is 9.78 Å². The second kappa shape index (κ2) is 28.5. The number of hydrogen-bond acceptors (Lipinski definition) is 14. The second-order valence-corrected chi connectivity index (χ2v) is 19.7. The summed E-state index contributed by atoms with van der Waals surface area (Å²) in [6.45, 7) is 14.8. The van der Waals surface area contributed by atoms with Gasteiger partial charge >= 0.3 is 11.9 Å². The van der Waals surface area contributed by atoms with Crippen LogP contribution in [0.4, 0.5) is 0 Å². The van der Waals surface area contributed by atoms with Crippen LogP contribution in [0.5, 0.6) is 34.9 Å². The Hall–Kier alpha value is -5.17. The third-order valence-corrected chi connectivity index (χ3v) is 12.1. The lowest BCUT2D eigenvalue weighted by Crippen LogP contribution is -2.24. The molecule has 0 amide bonds. The largest absolute Gasteiger partial charge is 0.466 e. The molecule has 6 aromatic rings. The molecule has 0 atom stereocenters. The van der Waals surface area contributed by atoms with Gasteiger partial charge in [0.25, 0.3) is 11.1 Å². The van der Waals surface area contributed by atoms with E-state index in [4.69, 9.17) is 110 Å². The fourth-order valence-electron chi connectivity index (χ4n) is 6.41. The highest BCUT2D eigenvalue weighted by Gasteiger charge is 2.18. The van der Waals surface area contributed by atoms with Crippen molar-refractivity contribution in [2.75, 3.05) is 19.8 Å². The molecule has 2 N–H and O–H groups in total. The van der Waals surface area contributed by atoms with E-state index < -0.39 is 0 Å². The highest BCUT2D eigenvalue weighted by Crippen LogP contribution is 2.40. The fourth-order valence-corrected chi connectivity index (χ4v) is 8.55. The van der Waals surface area contributed by atoms with Crippen LogP contribution < -0.4 is 25.3 Å². The summed E-state index contributed by atoms with van der Waals surface area (Å²) in [5.41, 5.74) is 3.97. The Morgan fingerprint density at radius 1 is 0.562 bits per heavy atom. The maximum absolute atomic E-state index is 12.1. The molecule has 6 rings (SSSR count). The van der Waals surface area contributed by atoms with Crippen molar-refractivity contribution in [1.82, 2.24) is 30.2 Å². The van der Waals surface area contributed by atoms with E-state index in [9.17, 15) is 19.2 Å². The monoisotopic (exact) mass is 1140 g/mol. The standard InChI is InChI=1S/C18H20Cl2N2O4.C17H18Cl2N2O4.C15H15Cl3N2O2/c1-10(2)13-9-16(21-22(4)18(13)24)26-17-14(19)7-12(8-15(17)20)5-6-25-11(3)23;1-9(2)12-8-15(20-21-17(12)23)25-16-13(18)6-11(7-14(16)19)4-5-24-10(3)22;1-8(2)10-7-13(19-20-15(10)18)22-14-11(16)5-9(3-4-21)6-12(14)17/h7-10H,5-6H2,1-4H3;6-9H,4-5H2,1-3H3,(H,21,23);5-8,21H,3-4H2,1-2H3. The molecule has 0 saturated carbocycles. The number of H-pyrrole nitrogens is 1. The summed E-state index contributed by atoms with van der Waals surface area (Å²) in [4.78, 5) is 45.5. The highest BCUT2D eigenvalue weighted by molar-refractivity contribution is 6.38. The van der Waals surface area contributed by atoms with Crippen LogP contribution in [0, 0.1) is 0 Å². The van der Waals surface area contributed by atoms with Crippen LogP contribution in [0.25, 0.3) is 0 Å². The van der Waals surface area contributed by atoms with E-state index in [1.807, 2.05) is 41.5 Å². The first-order chi connectivity index (χ1) is 34.4. The molecule has 0 radical (unpaired) electrons. The summed E-state index contributed by atoms with van der Waals surface area (Å²) >= 11 is 43.4. The number of aromatic nitrogens is 6. The third-order valence-electron chi connectivity index (χ3n) is 10.1. The first-order valence-electron chi connectivity index (χ1n) is 22.4. The number of aromatic amines is 1. The maximum Gasteiger partial charge on any atom is 0.302 e. The summed E-state index contributed by atoms with van der Waals surface area (Å²) in [6, 6.07) is 15.0. The fraction of sp³-hybridized carbons (Fsp3) is 0.360. The number of benzene rings is 3. The van der Waals surface area contributed by atoms with E-state index in [-0.39, 0.29) is 89.8 Å². The zero-order valence-corrected chi connectivity index (χ0v) is 46.5. The number of halogens is 7. The molecule has 0 aliphatic carbocycles. The third kappa shape index (κ3) is 18.3. The molecule has 392 valence electrons. The van der Waals surface area contributed by atoms with E-state index in [0.717, 1.165) is 22.3 Å². The predicted octanol–water partition coefficient (Wildman–Crippen LogP) is 13.1. The van der Waals surface area contributed by atoms with Crippen LogP contribution in [-0.2, 0) is 45.4 Å². The number of rotatable bonds is 17. The summed E-state index contributed by atoms with van der Waals surface area (Å²) in [7, 11) is 1.56. The smallest absolute Gasteiger partial charge is 0.302 e. The van der Waals surface area contributed by atoms with Gasteiger partial charge in [-0.15, -0.1) is 20.4 Å². The van der Waals surface area contributed by atoms with Crippen LogP contribution in [0.2, 0.25) is 35.3 Å². The number of carbonyl (C=O) groups excluding carboxylic acids is 2. The van der Waals surface area contributed by atoms with Gasteiger partial charge in [-0.05, 0) is 82.8 Å². The molecule has 0 aliphatic rings. The lowest BCUT2D eigenvalue weighted by atomic mass is 10.1. The number of ether oxygens (including phenoxy) is 5. The second-order valence-electron chi connectivity index (χ2n) is 16.9. The molecule has 23 heteroatoms. The van der Waals surface area contributed by atoms with Gasteiger partial charge in [0.15, 0.2) is 22.4 Å². The number of nitrogens with zero attached hydrogens (tertiary/aromatic N) is 5. The Kier molecular flexibility index (Phi) is 23.6. The molecule has 3 heterocycles. The van der Waals surface area contributed by atoms with E-state index in [2.05, 4.69) is 25.5 Å². The van der Waals surface area contributed by atoms with Gasteiger partial charge in [0.2, 0.25) is 17.6 Å². The Bertz CT molecular complexity index is 2950. The van der Waals surface area contributed by atoms with Crippen LogP contribution in [0.15, 0.2) is 64.2 Å². The minimum atomic E-state index is -0.345. The number of aliphatic hydroxyl groups is 1. The SMILES string of the molecule is CC(=O)OCCc1cc(Cl)c(Oc2cc(C(C)C)c(=O)[nH]n2)c(Cl)c1.CC(=O)OCCc1cc(Cl)c(Oc2cc(C(C)C)c(=O)n(C)n2)c(Cl)c1.CC(C)c1cc(Oc2c(Cl)cc(CCO)cc2Cl)nnc1Cl. The molecular weight excluding hydrogens is 1090 g/mol. The summed E-state index contributed by atoms with van der Waals surface area (Å²) in [5, 5.41) is 29.3. The molecule has 0 spiro atoms. The van der Waals surface area contributed by atoms with Crippen molar-refractivity contribution in [2.24, 2.45) is 7.05 Å². The first-order valence-corrected chi connectivity index (χ1v) is 25.1. The van der Waals surface area contributed by atoms with Crippen molar-refractivity contribution in [2.45, 2.75) is 92.4 Å². The van der Waals surface area contributed by atoms with Crippen molar-refractivity contribution in [3.05, 3.63) is 144 Å². The number of hydrogen-bond donors (Lipinski definition) is 2. The minimum Gasteiger partial charge on any atom is -0.466 e. The van der Waals surface area contributed by atoms with Crippen molar-refractivity contribution in [3.63, 3.8) is 0 Å². The molecule has 3 aromatic carbocycles. The Balaban J connectivity index is 0.000000238. The Morgan fingerprint density at radius 2 is 0.945 bits per heavy atom. The molecule has 73 heavy (non-hydrogen) atoms. The topological polar surface area (TPSA) is 207 Å². The van der Waals surface area contributed by atoms with Crippen LogP contribution in [0.3, 0.4) is 0 Å². The van der Waals surface area contributed by atoms with Crippen molar-refractivity contribution in [1.29, 1.82) is 0 Å². The van der Waals surface area contributed by atoms with Crippen molar-refractivity contribution in [3.8, 4) is 34.9 Å². The summed E-state index contributed by atoms with van der Waals surface area (Å²) < 4.78 is 28.1.